The molecule has 1 aliphatic rings. The number of methoxy groups -OCH3 is 3. The molecule has 0 aliphatic carbocycles. The maximum absolute atomic E-state index is 13.8. The van der Waals surface area contributed by atoms with Gasteiger partial charge < -0.3 is 24.8 Å². The molecule has 0 bridgehead atoms. The van der Waals surface area contributed by atoms with Gasteiger partial charge in [0.05, 0.1) is 26.9 Å². The van der Waals surface area contributed by atoms with Gasteiger partial charge in [0.2, 0.25) is 5.95 Å². The van der Waals surface area contributed by atoms with Gasteiger partial charge in [0.1, 0.15) is 17.6 Å². The molecule has 2 heterocycles. The summed E-state index contributed by atoms with van der Waals surface area (Å²) in [6.45, 7) is 1.80. The number of halogens is 1. The summed E-state index contributed by atoms with van der Waals surface area (Å²) >= 11 is 0. The minimum atomic E-state index is -0.744. The number of allylic oxidation sites excluding steroid dienone is 1. The van der Waals surface area contributed by atoms with E-state index >= 15 is 0 Å². The number of carbonyl (C=O) groups excluding carboxylic acids is 1. The van der Waals surface area contributed by atoms with Gasteiger partial charge >= 0.3 is 0 Å². The van der Waals surface area contributed by atoms with Crippen LogP contribution < -0.4 is 24.8 Å². The molecule has 0 fully saturated rings. The number of hydrogen-bond acceptors (Lipinski definition) is 7. The normalized spacial score (nSPS) is 14.4. The molecule has 1 aliphatic heterocycles. The Morgan fingerprint density at radius 3 is 2.26 bits per heavy atom. The van der Waals surface area contributed by atoms with E-state index in [1.165, 1.54) is 33.5 Å². The minimum Gasteiger partial charge on any atom is -0.496 e. The third kappa shape index (κ3) is 4.52. The Morgan fingerprint density at radius 1 is 0.947 bits per heavy atom. The largest absolute Gasteiger partial charge is 0.496 e. The van der Waals surface area contributed by atoms with Crippen molar-refractivity contribution in [2.24, 2.45) is 0 Å². The maximum atomic E-state index is 13.8. The zero-order valence-electron chi connectivity index (χ0n) is 21.3. The number of hydrogen-bond donors (Lipinski definition) is 2. The fraction of sp³-hybridized carbons (Fsp3) is 0.179. The highest BCUT2D eigenvalue weighted by Gasteiger charge is 2.37. The van der Waals surface area contributed by atoms with Crippen molar-refractivity contribution in [1.82, 2.24) is 14.8 Å². The predicted octanol–water partition coefficient (Wildman–Crippen LogP) is 5.04. The lowest BCUT2D eigenvalue weighted by Gasteiger charge is -2.30. The molecule has 2 N–H and O–H groups in total. The molecule has 9 nitrogen and oxygen atoms in total. The molecular formula is C28H26FN5O4. The van der Waals surface area contributed by atoms with Crippen molar-refractivity contribution in [3.05, 3.63) is 89.4 Å². The van der Waals surface area contributed by atoms with Crippen LogP contribution in [0.15, 0.2) is 78.0 Å². The lowest BCUT2D eigenvalue weighted by molar-refractivity contribution is -0.113. The third-order valence-corrected chi connectivity index (χ3v) is 6.26. The molecule has 3 aromatic carbocycles. The summed E-state index contributed by atoms with van der Waals surface area (Å²) in [5.74, 6) is 1.51. The van der Waals surface area contributed by atoms with Gasteiger partial charge in [-0.2, -0.15) is 4.98 Å². The second kappa shape index (κ2) is 10.3. The summed E-state index contributed by atoms with van der Waals surface area (Å²) in [6.07, 6.45) is 0. The van der Waals surface area contributed by atoms with Crippen molar-refractivity contribution in [2.75, 3.05) is 32.0 Å². The van der Waals surface area contributed by atoms with Gasteiger partial charge in [-0.05, 0) is 49.4 Å². The first-order valence-corrected chi connectivity index (χ1v) is 11.8. The molecule has 0 saturated carbocycles. The van der Waals surface area contributed by atoms with Gasteiger partial charge in [-0.1, -0.05) is 18.2 Å². The number of amides is 1. The van der Waals surface area contributed by atoms with Crippen LogP contribution in [0.2, 0.25) is 0 Å². The van der Waals surface area contributed by atoms with Gasteiger partial charge in [0.25, 0.3) is 5.91 Å². The number of fused-ring (bicyclic) bond motifs is 1. The number of nitrogens with one attached hydrogen (secondary N) is 2. The second-order valence-electron chi connectivity index (χ2n) is 8.55. The Kier molecular flexibility index (Phi) is 6.69. The summed E-state index contributed by atoms with van der Waals surface area (Å²) in [5.41, 5.74) is 2.88. The molecule has 0 spiro atoms. The summed E-state index contributed by atoms with van der Waals surface area (Å²) in [6, 6.07) is 17.8. The average Bonchev–Trinajstić information content (AvgIpc) is 3.35. The van der Waals surface area contributed by atoms with Crippen LogP contribution in [0.5, 0.6) is 17.2 Å². The van der Waals surface area contributed by atoms with Crippen molar-refractivity contribution in [1.29, 1.82) is 0 Å². The van der Waals surface area contributed by atoms with Crippen LogP contribution in [-0.4, -0.2) is 42.0 Å². The van der Waals surface area contributed by atoms with Gasteiger partial charge in [0, 0.05) is 28.6 Å². The van der Waals surface area contributed by atoms with E-state index in [9.17, 15) is 9.18 Å². The van der Waals surface area contributed by atoms with Gasteiger partial charge in [-0.15, -0.1) is 5.10 Å². The highest BCUT2D eigenvalue weighted by molar-refractivity contribution is 6.06. The number of ether oxygens (including phenoxy) is 3. The standard InChI is InChI=1S/C28H26FN5O4/c1-16-24(27(35)31-19-8-6-5-7-9-19)25(20-14-22(37-3)23(38-4)15-21(20)36-2)34-28(30-16)32-26(33-34)17-10-12-18(29)13-11-17/h5-15,25H,1-4H3,(H,31,35)(H,30,32,33). The number of anilines is 2. The van der Waals surface area contributed by atoms with E-state index in [0.29, 0.717) is 57.1 Å². The van der Waals surface area contributed by atoms with Gasteiger partial charge in [-0.25, -0.2) is 9.07 Å². The van der Waals surface area contributed by atoms with E-state index in [1.807, 2.05) is 30.3 Å². The lowest BCUT2D eigenvalue weighted by Crippen LogP contribution is -2.31. The Balaban J connectivity index is 1.69. The summed E-state index contributed by atoms with van der Waals surface area (Å²) in [4.78, 5) is 18.4. The number of aromatic nitrogens is 3. The first-order valence-electron chi connectivity index (χ1n) is 11.8. The van der Waals surface area contributed by atoms with E-state index in [4.69, 9.17) is 19.3 Å². The van der Waals surface area contributed by atoms with Crippen molar-refractivity contribution >= 4 is 17.5 Å². The van der Waals surface area contributed by atoms with Crippen LogP contribution in [0.1, 0.15) is 18.5 Å². The quantitative estimate of drug-likeness (QED) is 0.356. The number of rotatable bonds is 7. The van der Waals surface area contributed by atoms with Crippen molar-refractivity contribution < 1.29 is 23.4 Å². The molecule has 194 valence electrons. The first kappa shape index (κ1) is 24.8. The zero-order chi connectivity index (χ0) is 26.8. The molecule has 4 aromatic rings. The molecule has 0 saturated heterocycles. The molecule has 1 aromatic heterocycles. The molecule has 10 heteroatoms. The molecule has 1 atom stereocenters. The summed E-state index contributed by atoms with van der Waals surface area (Å²) < 4.78 is 31.9. The minimum absolute atomic E-state index is 0.326. The Bertz CT molecular complexity index is 1520. The Labute approximate surface area is 218 Å². The van der Waals surface area contributed by atoms with Crippen molar-refractivity contribution in [3.63, 3.8) is 0 Å². The number of nitrogens with zero attached hydrogens (tertiary/aromatic N) is 3. The maximum Gasteiger partial charge on any atom is 0.255 e. The molecule has 5 rings (SSSR count). The van der Waals surface area contributed by atoms with Crippen molar-refractivity contribution in [3.8, 4) is 28.6 Å². The van der Waals surface area contributed by atoms with E-state index in [1.54, 1.807) is 35.9 Å². The number of carbonyl (C=O) groups is 1. The topological polar surface area (TPSA) is 99.5 Å². The fourth-order valence-corrected chi connectivity index (χ4v) is 4.44. The first-order chi connectivity index (χ1) is 18.4. The summed E-state index contributed by atoms with van der Waals surface area (Å²) in [5, 5.41) is 10.9. The highest BCUT2D eigenvalue weighted by atomic mass is 19.1. The van der Waals surface area contributed by atoms with Crippen molar-refractivity contribution in [2.45, 2.75) is 13.0 Å². The van der Waals surface area contributed by atoms with Crippen LogP contribution in [0.25, 0.3) is 11.4 Å². The van der Waals surface area contributed by atoms with Crippen LogP contribution in [0.3, 0.4) is 0 Å². The lowest BCUT2D eigenvalue weighted by atomic mass is 9.93. The van der Waals surface area contributed by atoms with E-state index in [0.717, 1.165) is 0 Å². The average molecular weight is 516 g/mol. The van der Waals surface area contributed by atoms with E-state index < -0.39 is 6.04 Å². The van der Waals surface area contributed by atoms with Crippen LogP contribution in [0, 0.1) is 5.82 Å². The fourth-order valence-electron chi connectivity index (χ4n) is 4.44. The predicted molar refractivity (Wildman–Crippen MR) is 141 cm³/mol. The molecule has 1 amide bonds. The second-order valence-corrected chi connectivity index (χ2v) is 8.55. The van der Waals surface area contributed by atoms with Crippen LogP contribution in [0.4, 0.5) is 16.0 Å². The Hall–Kier alpha value is -4.86. The summed E-state index contributed by atoms with van der Waals surface area (Å²) in [7, 11) is 4.61. The van der Waals surface area contributed by atoms with Gasteiger partial charge in [0.15, 0.2) is 17.3 Å². The molecule has 1 unspecified atom stereocenters. The number of benzene rings is 3. The molecule has 0 radical (unpaired) electrons. The number of para-hydroxylation sites is 1. The van der Waals surface area contributed by atoms with Gasteiger partial charge in [-0.3, -0.25) is 4.79 Å². The molecule has 38 heavy (non-hydrogen) atoms. The third-order valence-electron chi connectivity index (χ3n) is 6.26. The zero-order valence-corrected chi connectivity index (χ0v) is 21.3. The van der Waals surface area contributed by atoms with E-state index in [2.05, 4.69) is 15.6 Å². The monoisotopic (exact) mass is 515 g/mol. The van der Waals surface area contributed by atoms with E-state index in [-0.39, 0.29) is 11.7 Å². The van der Waals surface area contributed by atoms with Crippen LogP contribution in [-0.2, 0) is 4.79 Å². The SMILES string of the molecule is COc1cc(OC)c(C2C(C(=O)Nc3ccccc3)=C(C)Nc3nc(-c4ccc(F)cc4)nn32)cc1OC. The highest BCUT2D eigenvalue weighted by Crippen LogP contribution is 2.44. The van der Waals surface area contributed by atoms with Crippen LogP contribution >= 0.6 is 0 Å². The Morgan fingerprint density at radius 2 is 1.61 bits per heavy atom. The molecular weight excluding hydrogens is 489 g/mol. The smallest absolute Gasteiger partial charge is 0.255 e.